The number of carboxylic acids is 1. The smallest absolute Gasteiger partial charge is 0.480 e. The number of nitro groups is 1. The first kappa shape index (κ1) is 21.2. The zero-order valence-corrected chi connectivity index (χ0v) is 14.9. The summed E-state index contributed by atoms with van der Waals surface area (Å²) in [6, 6.07) is 11.6. The predicted octanol–water partition coefficient (Wildman–Crippen LogP) is 2.62. The topological polar surface area (TPSA) is 154 Å². The summed E-state index contributed by atoms with van der Waals surface area (Å²) in [5, 5.41) is 21.1. The molecule has 0 fully saturated rings. The Morgan fingerprint density at radius 2 is 1.62 bits per heavy atom. The van der Waals surface area contributed by atoms with E-state index in [9.17, 15) is 24.5 Å². The van der Waals surface area contributed by atoms with E-state index in [2.05, 4.69) is 5.32 Å². The lowest BCUT2D eigenvalue weighted by Gasteiger charge is -2.08. The van der Waals surface area contributed by atoms with Crippen molar-refractivity contribution in [3.63, 3.8) is 0 Å². The second-order valence-corrected chi connectivity index (χ2v) is 5.54. The first-order valence-corrected chi connectivity index (χ1v) is 8.13. The number of carbonyl (C=O) groups is 3. The molecule has 11 heteroatoms. The van der Waals surface area contributed by atoms with Crippen LogP contribution in [-0.2, 0) is 27.5 Å². The van der Waals surface area contributed by atoms with Crippen molar-refractivity contribution in [2.24, 2.45) is 0 Å². The number of non-ortho nitro benzene ring substituents is 1. The van der Waals surface area contributed by atoms with E-state index in [1.807, 2.05) is 0 Å². The van der Waals surface area contributed by atoms with E-state index in [4.69, 9.17) is 19.3 Å². The van der Waals surface area contributed by atoms with Gasteiger partial charge in [0.25, 0.3) is 5.69 Å². The number of rotatable bonds is 8. The first-order chi connectivity index (χ1) is 13.8. The molecule has 2 aromatic rings. The highest BCUT2D eigenvalue weighted by Crippen LogP contribution is 2.18. The number of alkyl carbamates (subject to hydrolysis) is 1. The van der Waals surface area contributed by atoms with Gasteiger partial charge in [-0.05, 0) is 29.3 Å². The number of carboxylic acid groups (broad SMARTS) is 1. The molecule has 0 aliphatic heterocycles. The number of hydrogen-bond donors (Lipinski definition) is 2. The van der Waals surface area contributed by atoms with Gasteiger partial charge in [0.15, 0.2) is 0 Å². The van der Waals surface area contributed by atoms with Crippen molar-refractivity contribution in [2.45, 2.75) is 13.2 Å². The summed E-state index contributed by atoms with van der Waals surface area (Å²) in [7, 11) is 0. The summed E-state index contributed by atoms with van der Waals surface area (Å²) in [5.41, 5.74) is 1.05. The van der Waals surface area contributed by atoms with Gasteiger partial charge in [0.2, 0.25) is 0 Å². The van der Waals surface area contributed by atoms with Gasteiger partial charge in [0.05, 0.1) is 4.92 Å². The molecule has 0 bridgehead atoms. The van der Waals surface area contributed by atoms with Gasteiger partial charge in [-0.25, -0.2) is 9.59 Å². The molecule has 2 N–H and O–H groups in total. The number of ether oxygens (including phenoxy) is 3. The fourth-order valence-corrected chi connectivity index (χ4v) is 2.06. The molecule has 29 heavy (non-hydrogen) atoms. The maximum atomic E-state index is 11.7. The number of nitrogens with zero attached hydrogens (tertiary/aromatic N) is 1. The average Bonchev–Trinajstić information content (AvgIpc) is 2.70. The molecule has 0 radical (unpaired) electrons. The number of benzene rings is 2. The van der Waals surface area contributed by atoms with Crippen molar-refractivity contribution >= 4 is 23.9 Å². The normalized spacial score (nSPS) is 9.93. The fourth-order valence-electron chi connectivity index (χ4n) is 2.06. The number of carbonyl (C=O) groups excluding carboxylic acids is 2. The molecule has 2 aromatic carbocycles. The highest BCUT2D eigenvalue weighted by atomic mass is 16.7. The molecule has 152 valence electrons. The lowest BCUT2D eigenvalue weighted by molar-refractivity contribution is -0.384. The Morgan fingerprint density at radius 1 is 1.00 bits per heavy atom. The monoisotopic (exact) mass is 404 g/mol. The van der Waals surface area contributed by atoms with Gasteiger partial charge in [-0.3, -0.25) is 14.9 Å². The fraction of sp³-hybridized carbons (Fsp3) is 0.167. The van der Waals surface area contributed by atoms with Crippen LogP contribution in [0.2, 0.25) is 0 Å². The van der Waals surface area contributed by atoms with Crippen molar-refractivity contribution in [1.82, 2.24) is 5.32 Å². The van der Waals surface area contributed by atoms with Crippen molar-refractivity contribution in [3.05, 3.63) is 69.8 Å². The van der Waals surface area contributed by atoms with Crippen molar-refractivity contribution in [1.29, 1.82) is 0 Å². The summed E-state index contributed by atoms with van der Waals surface area (Å²) in [4.78, 5) is 43.4. The Morgan fingerprint density at radius 3 is 2.21 bits per heavy atom. The number of aliphatic carboxylic acids is 1. The van der Waals surface area contributed by atoms with Crippen LogP contribution >= 0.6 is 0 Å². The van der Waals surface area contributed by atoms with Crippen LogP contribution in [0.25, 0.3) is 0 Å². The van der Waals surface area contributed by atoms with Crippen LogP contribution in [0.4, 0.5) is 15.3 Å². The zero-order chi connectivity index (χ0) is 21.2. The molecule has 2 rings (SSSR count). The molecule has 0 saturated carbocycles. The standard InChI is InChI=1S/C18H16N2O9/c21-16(22)9-19-17(23)27-10-12-2-1-3-13(8-12)11-28-18(24)29-15-6-4-14(5-7-15)20(25)26/h1-8H,9-11H2,(H,19,23)(H,21,22). The van der Waals surface area contributed by atoms with Crippen LogP contribution < -0.4 is 10.1 Å². The third kappa shape index (κ3) is 7.54. The first-order valence-electron chi connectivity index (χ1n) is 8.13. The Hall–Kier alpha value is -4.15. The second-order valence-electron chi connectivity index (χ2n) is 5.54. The minimum atomic E-state index is -1.19. The maximum Gasteiger partial charge on any atom is 0.514 e. The quantitative estimate of drug-likeness (QED) is 0.292. The minimum absolute atomic E-state index is 0.0927. The van der Waals surface area contributed by atoms with Gasteiger partial charge in [0, 0.05) is 12.1 Å². The maximum absolute atomic E-state index is 11.7. The SMILES string of the molecule is O=C(O)CNC(=O)OCc1cccc(COC(=O)Oc2ccc([N+](=O)[O-])cc2)c1. The number of hydrogen-bond acceptors (Lipinski definition) is 8. The van der Waals surface area contributed by atoms with E-state index in [1.165, 1.54) is 24.3 Å². The van der Waals surface area contributed by atoms with Crippen LogP contribution in [0.1, 0.15) is 11.1 Å². The third-order valence-corrected chi connectivity index (χ3v) is 3.35. The Kier molecular flexibility index (Phi) is 7.48. The number of nitrogens with one attached hydrogen (secondary N) is 1. The average molecular weight is 404 g/mol. The molecule has 0 atom stereocenters. The van der Waals surface area contributed by atoms with E-state index < -0.39 is 29.7 Å². The summed E-state index contributed by atoms with van der Waals surface area (Å²) < 4.78 is 14.8. The Balaban J connectivity index is 1.80. The van der Waals surface area contributed by atoms with Gasteiger partial charge >= 0.3 is 18.2 Å². The number of amides is 1. The lowest BCUT2D eigenvalue weighted by atomic mass is 10.1. The molecule has 0 heterocycles. The second kappa shape index (κ2) is 10.3. The van der Waals surface area contributed by atoms with Crippen LogP contribution in [0.15, 0.2) is 48.5 Å². The van der Waals surface area contributed by atoms with Gasteiger partial charge in [0.1, 0.15) is 25.5 Å². The van der Waals surface area contributed by atoms with E-state index in [0.717, 1.165) is 0 Å². The predicted molar refractivity (Wildman–Crippen MR) is 96.2 cm³/mol. The van der Waals surface area contributed by atoms with E-state index >= 15 is 0 Å². The van der Waals surface area contributed by atoms with Crippen LogP contribution in [0, 0.1) is 10.1 Å². The van der Waals surface area contributed by atoms with Crippen LogP contribution in [-0.4, -0.2) is 34.8 Å². The molecule has 0 aliphatic rings. The van der Waals surface area contributed by atoms with Crippen molar-refractivity contribution < 1.29 is 38.6 Å². The van der Waals surface area contributed by atoms with E-state index in [1.54, 1.807) is 24.3 Å². The summed E-state index contributed by atoms with van der Waals surface area (Å²) >= 11 is 0. The highest BCUT2D eigenvalue weighted by molar-refractivity contribution is 5.76. The highest BCUT2D eigenvalue weighted by Gasteiger charge is 2.10. The molecule has 11 nitrogen and oxygen atoms in total. The zero-order valence-electron chi connectivity index (χ0n) is 14.9. The van der Waals surface area contributed by atoms with Crippen LogP contribution in [0.5, 0.6) is 5.75 Å². The third-order valence-electron chi connectivity index (χ3n) is 3.35. The molecule has 0 saturated heterocycles. The molecule has 0 aromatic heterocycles. The molecule has 0 aliphatic carbocycles. The summed E-state index contributed by atoms with van der Waals surface area (Å²) in [5.74, 6) is -1.10. The van der Waals surface area contributed by atoms with Gasteiger partial charge in [-0.2, -0.15) is 0 Å². The van der Waals surface area contributed by atoms with Gasteiger partial charge in [-0.1, -0.05) is 18.2 Å². The van der Waals surface area contributed by atoms with E-state index in [0.29, 0.717) is 11.1 Å². The van der Waals surface area contributed by atoms with Crippen molar-refractivity contribution in [3.8, 4) is 5.75 Å². The van der Waals surface area contributed by atoms with Gasteiger partial charge in [-0.15, -0.1) is 0 Å². The van der Waals surface area contributed by atoms with Gasteiger partial charge < -0.3 is 24.6 Å². The summed E-state index contributed by atoms with van der Waals surface area (Å²) in [6.07, 6.45) is -1.87. The molecule has 1 amide bonds. The van der Waals surface area contributed by atoms with E-state index in [-0.39, 0.29) is 24.7 Å². The van der Waals surface area contributed by atoms with Crippen molar-refractivity contribution in [2.75, 3.05) is 6.54 Å². The largest absolute Gasteiger partial charge is 0.514 e. The lowest BCUT2D eigenvalue weighted by Crippen LogP contribution is -2.29. The molecule has 0 spiro atoms. The number of nitro benzene ring substituents is 1. The summed E-state index contributed by atoms with van der Waals surface area (Å²) in [6.45, 7) is -0.777. The molecular weight excluding hydrogens is 388 g/mol. The Bertz CT molecular complexity index is 896. The van der Waals surface area contributed by atoms with Crippen LogP contribution in [0.3, 0.4) is 0 Å². The molecular formula is C18H16N2O9. The minimum Gasteiger partial charge on any atom is -0.480 e. The Labute approximate surface area is 164 Å². The molecule has 0 unspecified atom stereocenters.